The quantitative estimate of drug-likeness (QED) is 0.533. The molecule has 0 atom stereocenters. The van der Waals surface area contributed by atoms with Crippen molar-refractivity contribution in [3.63, 3.8) is 0 Å². The maximum Gasteiger partial charge on any atom is 0.0257 e. The molecule has 0 saturated carbocycles. The van der Waals surface area contributed by atoms with Crippen LogP contribution in [0.4, 0.5) is 0 Å². The van der Waals surface area contributed by atoms with Crippen LogP contribution in [0.15, 0.2) is 55.1 Å². The summed E-state index contributed by atoms with van der Waals surface area (Å²) in [6.45, 7) is 5.96. The molecule has 0 N–H and O–H groups in total. The average Bonchev–Trinajstić information content (AvgIpc) is 2.53. The Bertz CT molecular complexity index is 636. The lowest BCUT2D eigenvalue weighted by Gasteiger charge is -1.99. The van der Waals surface area contributed by atoms with Gasteiger partial charge in [-0.15, -0.1) is 6.58 Å². The molecule has 0 unspecified atom stereocenters. The van der Waals surface area contributed by atoms with Gasteiger partial charge in [0.25, 0.3) is 0 Å². The van der Waals surface area contributed by atoms with E-state index in [9.17, 15) is 0 Å². The lowest BCUT2D eigenvalue weighted by molar-refractivity contribution is 0.795. The van der Waals surface area contributed by atoms with Crippen LogP contribution in [0.5, 0.6) is 0 Å². The second kappa shape index (κ2) is 8.12. The predicted octanol–water partition coefficient (Wildman–Crippen LogP) is 4.96. The Morgan fingerprint density at radius 1 is 1.05 bits per heavy atom. The molecule has 0 amide bonds. The van der Waals surface area contributed by atoms with Crippen LogP contribution in [-0.4, -0.2) is 0 Å². The fourth-order valence-electron chi connectivity index (χ4n) is 2.15. The van der Waals surface area contributed by atoms with Crippen LogP contribution in [0.3, 0.4) is 0 Å². The molecule has 0 aliphatic rings. The van der Waals surface area contributed by atoms with Gasteiger partial charge in [-0.2, -0.15) is 0 Å². The number of hydrogen-bond donors (Lipinski definition) is 0. The Hall–Kier alpha value is -2.26. The standard InChI is InChI=1S/C21H21/c1-3-5-8-20-9-6-10-21(17-20)16-15-19-13-11-18(7-4-2)12-14-19/h4,9-14,17H,2-3,5,7-8H2,1H3. The zero-order valence-electron chi connectivity index (χ0n) is 12.7. The summed E-state index contributed by atoms with van der Waals surface area (Å²) in [6.07, 6.45) is 6.36. The third-order valence-electron chi connectivity index (χ3n) is 3.35. The van der Waals surface area contributed by atoms with Gasteiger partial charge < -0.3 is 0 Å². The molecule has 0 spiro atoms. The van der Waals surface area contributed by atoms with Gasteiger partial charge in [-0.1, -0.05) is 49.5 Å². The van der Waals surface area contributed by atoms with Crippen LogP contribution in [-0.2, 0) is 12.8 Å². The first kappa shape index (κ1) is 15.1. The number of allylic oxidation sites excluding steroid dienone is 1. The smallest absolute Gasteiger partial charge is 0.0257 e. The topological polar surface area (TPSA) is 0 Å². The van der Waals surface area contributed by atoms with Crippen molar-refractivity contribution in [2.45, 2.75) is 32.6 Å². The predicted molar refractivity (Wildman–Crippen MR) is 90.2 cm³/mol. The molecular weight excluding hydrogens is 252 g/mol. The second-order valence-corrected chi connectivity index (χ2v) is 5.17. The van der Waals surface area contributed by atoms with Gasteiger partial charge in [0.1, 0.15) is 0 Å². The van der Waals surface area contributed by atoms with Gasteiger partial charge in [0, 0.05) is 11.1 Å². The van der Waals surface area contributed by atoms with Crippen molar-refractivity contribution in [2.75, 3.05) is 0 Å². The van der Waals surface area contributed by atoms with Crippen LogP contribution >= 0.6 is 0 Å². The van der Waals surface area contributed by atoms with E-state index in [0.29, 0.717) is 0 Å². The Morgan fingerprint density at radius 2 is 1.81 bits per heavy atom. The summed E-state index contributed by atoms with van der Waals surface area (Å²) in [4.78, 5) is 0. The Labute approximate surface area is 128 Å². The Kier molecular flexibility index (Phi) is 5.85. The van der Waals surface area contributed by atoms with E-state index in [1.807, 2.05) is 12.1 Å². The molecule has 0 bridgehead atoms. The summed E-state index contributed by atoms with van der Waals surface area (Å²) in [5, 5.41) is 0. The fraction of sp³-hybridized carbons (Fsp3) is 0.238. The van der Waals surface area contributed by atoms with Crippen LogP contribution < -0.4 is 0 Å². The van der Waals surface area contributed by atoms with E-state index in [1.165, 1.54) is 24.0 Å². The van der Waals surface area contributed by atoms with Gasteiger partial charge in [0.2, 0.25) is 0 Å². The SMILES string of the molecule is C=CCc1ccc(C#Cc2c[c]cc(CCCC)c2)cc1. The van der Waals surface area contributed by atoms with E-state index >= 15 is 0 Å². The minimum atomic E-state index is 0.905. The van der Waals surface area contributed by atoms with Crippen LogP contribution in [0.2, 0.25) is 0 Å². The molecule has 0 heteroatoms. The van der Waals surface area contributed by atoms with E-state index < -0.39 is 0 Å². The fourth-order valence-corrected chi connectivity index (χ4v) is 2.15. The van der Waals surface area contributed by atoms with Crippen molar-refractivity contribution < 1.29 is 0 Å². The molecule has 0 nitrogen and oxygen atoms in total. The summed E-state index contributed by atoms with van der Waals surface area (Å²) >= 11 is 0. The third-order valence-corrected chi connectivity index (χ3v) is 3.35. The van der Waals surface area contributed by atoms with Crippen molar-refractivity contribution in [1.29, 1.82) is 0 Å². The zero-order valence-corrected chi connectivity index (χ0v) is 12.7. The highest BCUT2D eigenvalue weighted by Gasteiger charge is 1.94. The van der Waals surface area contributed by atoms with Crippen LogP contribution in [0, 0.1) is 17.9 Å². The van der Waals surface area contributed by atoms with Crippen molar-refractivity contribution in [2.24, 2.45) is 0 Å². The first-order valence-corrected chi connectivity index (χ1v) is 7.53. The molecule has 0 saturated heterocycles. The highest BCUT2D eigenvalue weighted by atomic mass is 14.0. The molecule has 2 aromatic rings. The normalized spacial score (nSPS) is 9.76. The highest BCUT2D eigenvalue weighted by molar-refractivity contribution is 5.44. The van der Waals surface area contributed by atoms with E-state index in [0.717, 1.165) is 24.0 Å². The molecule has 0 fully saturated rings. The van der Waals surface area contributed by atoms with Gasteiger partial charge in [-0.05, 0) is 60.7 Å². The molecule has 2 rings (SSSR count). The Morgan fingerprint density at radius 3 is 2.52 bits per heavy atom. The Balaban J connectivity index is 2.09. The second-order valence-electron chi connectivity index (χ2n) is 5.17. The summed E-state index contributed by atoms with van der Waals surface area (Å²) < 4.78 is 0. The first-order valence-electron chi connectivity index (χ1n) is 7.53. The molecule has 2 aromatic carbocycles. The van der Waals surface area contributed by atoms with E-state index in [-0.39, 0.29) is 0 Å². The maximum atomic E-state index is 3.75. The lowest BCUT2D eigenvalue weighted by Crippen LogP contribution is -1.86. The molecule has 0 aliphatic heterocycles. The third kappa shape index (κ3) is 4.97. The van der Waals surface area contributed by atoms with Crippen molar-refractivity contribution in [3.05, 3.63) is 83.4 Å². The van der Waals surface area contributed by atoms with Gasteiger partial charge in [0.05, 0.1) is 0 Å². The number of unbranched alkanes of at least 4 members (excludes halogenated alkanes) is 1. The molecular formula is C21H21. The summed E-state index contributed by atoms with van der Waals surface area (Å²) in [5.41, 5.74) is 4.68. The summed E-state index contributed by atoms with van der Waals surface area (Å²) in [5.74, 6) is 6.45. The highest BCUT2D eigenvalue weighted by Crippen LogP contribution is 2.08. The minimum absolute atomic E-state index is 0.905. The molecule has 0 aromatic heterocycles. The van der Waals surface area contributed by atoms with Gasteiger partial charge >= 0.3 is 0 Å². The van der Waals surface area contributed by atoms with Gasteiger partial charge in [-0.25, -0.2) is 0 Å². The van der Waals surface area contributed by atoms with Crippen molar-refractivity contribution >= 4 is 0 Å². The molecule has 21 heavy (non-hydrogen) atoms. The monoisotopic (exact) mass is 273 g/mol. The number of rotatable bonds is 5. The molecule has 0 aliphatic carbocycles. The molecule has 1 radical (unpaired) electrons. The maximum absolute atomic E-state index is 3.75. The average molecular weight is 273 g/mol. The molecule has 0 heterocycles. The van der Waals surface area contributed by atoms with Gasteiger partial charge in [-0.3, -0.25) is 0 Å². The van der Waals surface area contributed by atoms with Crippen LogP contribution in [0.25, 0.3) is 0 Å². The molecule has 105 valence electrons. The summed E-state index contributed by atoms with van der Waals surface area (Å²) in [7, 11) is 0. The van der Waals surface area contributed by atoms with Crippen LogP contribution in [0.1, 0.15) is 42.0 Å². The van der Waals surface area contributed by atoms with E-state index in [4.69, 9.17) is 0 Å². The zero-order chi connectivity index (χ0) is 14.9. The van der Waals surface area contributed by atoms with Crippen molar-refractivity contribution in [3.8, 4) is 11.8 Å². The number of hydrogen-bond acceptors (Lipinski definition) is 0. The van der Waals surface area contributed by atoms with Gasteiger partial charge in [0.15, 0.2) is 0 Å². The lowest BCUT2D eigenvalue weighted by atomic mass is 10.1. The van der Waals surface area contributed by atoms with E-state index in [2.05, 4.69) is 67.8 Å². The first-order chi connectivity index (χ1) is 10.3. The summed E-state index contributed by atoms with van der Waals surface area (Å²) in [6, 6.07) is 17.7. The number of benzene rings is 2. The van der Waals surface area contributed by atoms with Crippen molar-refractivity contribution in [1.82, 2.24) is 0 Å². The largest absolute Gasteiger partial charge is 0.103 e. The minimum Gasteiger partial charge on any atom is -0.103 e. The van der Waals surface area contributed by atoms with E-state index in [1.54, 1.807) is 0 Å². The number of aryl methyl sites for hydroxylation is 1.